The van der Waals surface area contributed by atoms with Crippen molar-refractivity contribution in [3.05, 3.63) is 71.3 Å². The quantitative estimate of drug-likeness (QED) is 0.563. The van der Waals surface area contributed by atoms with Gasteiger partial charge in [-0.1, -0.05) is 42.5 Å². The van der Waals surface area contributed by atoms with Gasteiger partial charge in [0.25, 0.3) is 5.91 Å². The molecule has 0 bridgehead atoms. The Kier molecular flexibility index (Phi) is 4.89. The van der Waals surface area contributed by atoms with Gasteiger partial charge < -0.3 is 15.3 Å². The van der Waals surface area contributed by atoms with Crippen molar-refractivity contribution in [3.8, 4) is 0 Å². The van der Waals surface area contributed by atoms with Crippen LogP contribution in [0.15, 0.2) is 54.6 Å². The van der Waals surface area contributed by atoms with E-state index in [0.29, 0.717) is 16.7 Å². The highest BCUT2D eigenvalue weighted by Gasteiger charge is 2.64. The van der Waals surface area contributed by atoms with Crippen LogP contribution in [0.4, 0.5) is 0 Å². The number of thioether (sulfide) groups is 1. The third kappa shape index (κ3) is 3.27. The van der Waals surface area contributed by atoms with Gasteiger partial charge in [0, 0.05) is 21.4 Å². The largest absolute Gasteiger partial charge is 0.480 e. The molecule has 8 heteroatoms. The van der Waals surface area contributed by atoms with Gasteiger partial charge in [0.05, 0.1) is 0 Å². The second-order valence-corrected chi connectivity index (χ2v) is 9.59. The van der Waals surface area contributed by atoms with Crippen LogP contribution in [0.2, 0.25) is 0 Å². The molecule has 2 N–H and O–H groups in total. The highest BCUT2D eigenvalue weighted by molar-refractivity contribution is 8.01. The predicted molar refractivity (Wildman–Crippen MR) is 111 cm³/mol. The number of fused-ring (bicyclic) bond motifs is 1. The minimum Gasteiger partial charge on any atom is -0.480 e. The molecule has 2 saturated heterocycles. The summed E-state index contributed by atoms with van der Waals surface area (Å²) < 4.78 is -0.648. The number of carboxylic acids is 1. The van der Waals surface area contributed by atoms with Crippen LogP contribution < -0.4 is 5.32 Å². The molecule has 0 radical (unpaired) electrons. The molecule has 2 heterocycles. The lowest BCUT2D eigenvalue weighted by Gasteiger charge is -2.43. The fourth-order valence-corrected chi connectivity index (χ4v) is 5.52. The Morgan fingerprint density at radius 2 is 1.53 bits per heavy atom. The van der Waals surface area contributed by atoms with Gasteiger partial charge in [0.2, 0.25) is 5.91 Å². The number of amides is 2. The van der Waals surface area contributed by atoms with Crippen molar-refractivity contribution in [1.82, 2.24) is 10.2 Å². The molecule has 2 aromatic carbocycles. The smallest absolute Gasteiger partial charge is 0.327 e. The first-order chi connectivity index (χ1) is 14.2. The van der Waals surface area contributed by atoms with Gasteiger partial charge in [0.15, 0.2) is 5.78 Å². The molecule has 2 aliphatic heterocycles. The summed E-state index contributed by atoms with van der Waals surface area (Å²) in [5.74, 6) is -2.03. The van der Waals surface area contributed by atoms with Crippen molar-refractivity contribution in [2.75, 3.05) is 0 Å². The summed E-state index contributed by atoms with van der Waals surface area (Å²) in [6, 6.07) is 13.4. The van der Waals surface area contributed by atoms with Gasteiger partial charge in [0.1, 0.15) is 17.5 Å². The molecule has 3 atom stereocenters. The van der Waals surface area contributed by atoms with E-state index in [-0.39, 0.29) is 5.78 Å². The summed E-state index contributed by atoms with van der Waals surface area (Å²) in [6.07, 6.45) is 0. The Hall–Kier alpha value is -3.13. The lowest BCUT2D eigenvalue weighted by molar-refractivity contribution is -0.159. The van der Waals surface area contributed by atoms with E-state index in [1.54, 1.807) is 50.2 Å². The number of β-lactam (4-membered cyclic amide) rings is 1. The van der Waals surface area contributed by atoms with Crippen molar-refractivity contribution in [3.63, 3.8) is 0 Å². The number of carbonyl (C=O) groups excluding carboxylic acids is 3. The molecule has 0 unspecified atom stereocenters. The maximum absolute atomic E-state index is 12.6. The Balaban J connectivity index is 1.45. The number of ketones is 1. The van der Waals surface area contributed by atoms with Crippen LogP contribution in [-0.2, 0) is 9.59 Å². The van der Waals surface area contributed by atoms with Crippen LogP contribution in [-0.4, -0.2) is 55.8 Å². The Bertz CT molecular complexity index is 1040. The maximum atomic E-state index is 12.6. The van der Waals surface area contributed by atoms with E-state index in [4.69, 9.17) is 0 Å². The van der Waals surface area contributed by atoms with Crippen LogP contribution in [0.1, 0.15) is 40.1 Å². The molecular weight excluding hydrogens is 404 g/mol. The molecule has 2 fully saturated rings. The third-order valence-electron chi connectivity index (χ3n) is 5.41. The average molecular weight is 424 g/mol. The SMILES string of the molecule is CC1(C)S[C@@H]2[C@H](NC(=O)c3ccc(C(=O)c4ccccc4)cc3)C(=O)N2[C@H]1C(=O)O. The number of hydrogen-bond donors (Lipinski definition) is 2. The molecule has 2 aromatic rings. The van der Waals surface area contributed by atoms with Crippen LogP contribution >= 0.6 is 11.8 Å². The normalized spacial score (nSPS) is 24.0. The summed E-state index contributed by atoms with van der Waals surface area (Å²) in [5.41, 5.74) is 1.34. The first-order valence-electron chi connectivity index (χ1n) is 9.44. The maximum Gasteiger partial charge on any atom is 0.327 e. The summed E-state index contributed by atoms with van der Waals surface area (Å²) in [7, 11) is 0. The average Bonchev–Trinajstić information content (AvgIpc) is 3.00. The first kappa shape index (κ1) is 20.2. The Labute approximate surface area is 177 Å². The van der Waals surface area contributed by atoms with E-state index in [9.17, 15) is 24.3 Å². The van der Waals surface area contributed by atoms with E-state index in [2.05, 4.69) is 5.32 Å². The second-order valence-electron chi connectivity index (χ2n) is 7.82. The van der Waals surface area contributed by atoms with Gasteiger partial charge in [-0.05, 0) is 26.0 Å². The van der Waals surface area contributed by atoms with Gasteiger partial charge in [-0.25, -0.2) is 4.79 Å². The lowest BCUT2D eigenvalue weighted by atomic mass is 9.96. The number of carboxylic acid groups (broad SMARTS) is 1. The molecule has 2 aliphatic rings. The standard InChI is InChI=1S/C22H20N2O5S/c1-22(2)17(21(28)29)24-19(27)15(20(24)30-22)23-18(26)14-10-8-13(9-11-14)16(25)12-6-4-3-5-7-12/h3-11,15,17,20H,1-2H3,(H,23,26)(H,28,29)/t15-,17+,20-/m1/s1. The number of hydrogen-bond acceptors (Lipinski definition) is 5. The van der Waals surface area contributed by atoms with Crippen molar-refractivity contribution in [2.24, 2.45) is 0 Å². The molecule has 0 aromatic heterocycles. The fourth-order valence-electron chi connectivity index (χ4n) is 3.90. The van der Waals surface area contributed by atoms with E-state index >= 15 is 0 Å². The van der Waals surface area contributed by atoms with Gasteiger partial charge >= 0.3 is 5.97 Å². The number of benzene rings is 2. The molecule has 2 amide bonds. The molecular formula is C22H20N2O5S. The van der Waals surface area contributed by atoms with Crippen molar-refractivity contribution < 1.29 is 24.3 Å². The topological polar surface area (TPSA) is 104 Å². The van der Waals surface area contributed by atoms with Gasteiger partial charge in [-0.15, -0.1) is 11.8 Å². The predicted octanol–water partition coefficient (Wildman–Crippen LogP) is 2.16. The molecule has 0 spiro atoms. The summed E-state index contributed by atoms with van der Waals surface area (Å²) in [4.78, 5) is 50.5. The lowest BCUT2D eigenvalue weighted by Crippen LogP contribution is -2.70. The van der Waals surface area contributed by atoms with Crippen LogP contribution in [0.5, 0.6) is 0 Å². The summed E-state index contributed by atoms with van der Waals surface area (Å²) >= 11 is 1.37. The highest BCUT2D eigenvalue weighted by atomic mass is 32.2. The molecule has 0 aliphatic carbocycles. The fraction of sp³-hybridized carbons (Fsp3) is 0.273. The monoisotopic (exact) mass is 424 g/mol. The summed E-state index contributed by atoms with van der Waals surface area (Å²) in [5, 5.41) is 11.8. The van der Waals surface area contributed by atoms with Crippen LogP contribution in [0.25, 0.3) is 0 Å². The Morgan fingerprint density at radius 1 is 0.967 bits per heavy atom. The van der Waals surface area contributed by atoms with Crippen LogP contribution in [0, 0.1) is 0 Å². The molecule has 154 valence electrons. The zero-order valence-electron chi connectivity index (χ0n) is 16.4. The van der Waals surface area contributed by atoms with E-state index < -0.39 is 40.0 Å². The minimum atomic E-state index is -1.05. The highest BCUT2D eigenvalue weighted by Crippen LogP contribution is 2.50. The van der Waals surface area contributed by atoms with Crippen molar-refractivity contribution in [2.45, 2.75) is 36.1 Å². The van der Waals surface area contributed by atoms with Crippen molar-refractivity contribution >= 4 is 35.3 Å². The van der Waals surface area contributed by atoms with Crippen molar-refractivity contribution in [1.29, 1.82) is 0 Å². The zero-order chi connectivity index (χ0) is 21.6. The number of nitrogens with one attached hydrogen (secondary N) is 1. The third-order valence-corrected chi connectivity index (χ3v) is 6.98. The first-order valence-corrected chi connectivity index (χ1v) is 10.3. The molecule has 7 nitrogen and oxygen atoms in total. The van der Waals surface area contributed by atoms with Crippen LogP contribution in [0.3, 0.4) is 0 Å². The second kappa shape index (κ2) is 7.28. The van der Waals surface area contributed by atoms with E-state index in [1.165, 1.54) is 28.8 Å². The Morgan fingerprint density at radius 3 is 2.13 bits per heavy atom. The van der Waals surface area contributed by atoms with E-state index in [1.807, 2.05) is 6.07 Å². The molecule has 0 saturated carbocycles. The van der Waals surface area contributed by atoms with Gasteiger partial charge in [-0.2, -0.15) is 0 Å². The minimum absolute atomic E-state index is 0.142. The summed E-state index contributed by atoms with van der Waals surface area (Å²) in [6.45, 7) is 3.56. The number of rotatable bonds is 5. The number of carbonyl (C=O) groups is 4. The molecule has 4 rings (SSSR count). The van der Waals surface area contributed by atoms with Gasteiger partial charge in [-0.3, -0.25) is 14.4 Å². The van der Waals surface area contributed by atoms with E-state index in [0.717, 1.165) is 0 Å². The molecule has 30 heavy (non-hydrogen) atoms. The zero-order valence-corrected chi connectivity index (χ0v) is 17.2. The number of aliphatic carboxylic acids is 1. The number of nitrogens with zero attached hydrogens (tertiary/aromatic N) is 1.